The van der Waals surface area contributed by atoms with Crippen LogP contribution in [0.2, 0.25) is 0 Å². The van der Waals surface area contributed by atoms with Crippen molar-refractivity contribution in [3.8, 4) is 5.75 Å². The van der Waals surface area contributed by atoms with Crippen LogP contribution in [-0.2, 0) is 4.79 Å². The second-order valence-electron chi connectivity index (χ2n) is 4.00. The second-order valence-corrected chi connectivity index (χ2v) is 4.61. The van der Waals surface area contributed by atoms with E-state index >= 15 is 0 Å². The number of rotatable bonds is 3. The maximum absolute atomic E-state index is 11.8. The van der Waals surface area contributed by atoms with Gasteiger partial charge in [-0.1, -0.05) is 0 Å². The Morgan fingerprint density at radius 2 is 2.28 bits per heavy atom. The van der Waals surface area contributed by atoms with E-state index in [-0.39, 0.29) is 23.3 Å². The third kappa shape index (κ3) is 2.26. The number of carboxylic acid groups (broad SMARTS) is 1. The van der Waals surface area contributed by atoms with Gasteiger partial charge in [0.1, 0.15) is 5.75 Å². The van der Waals surface area contributed by atoms with Crippen molar-refractivity contribution in [2.45, 2.75) is 11.8 Å². The fraction of sp³-hybridized carbons (Fsp3) is 0.333. The second kappa shape index (κ2) is 4.86. The average molecular weight is 270 g/mol. The smallest absolute Gasteiger partial charge is 0.335 e. The molecule has 1 heterocycles. The number of hydrogen-bond donors (Lipinski definition) is 1. The Kier molecular flexibility index (Phi) is 3.43. The first-order chi connectivity index (χ1) is 8.52. The van der Waals surface area contributed by atoms with Crippen molar-refractivity contribution in [2.75, 3.05) is 18.6 Å². The summed E-state index contributed by atoms with van der Waals surface area (Å²) < 4.78 is 5.15. The number of nitrogens with zero attached hydrogens (tertiary/aromatic N) is 1. The number of ether oxygens (including phenoxy) is 1. The molecule has 1 atom stereocenters. The molecule has 6 heteroatoms. The summed E-state index contributed by atoms with van der Waals surface area (Å²) in [5, 5.41) is 8.71. The molecule has 2 rings (SSSR count). The van der Waals surface area contributed by atoms with Crippen LogP contribution < -0.4 is 9.64 Å². The Hall–Kier alpha value is -1.75. The molecule has 1 aromatic carbocycles. The molecule has 0 radical (unpaired) electrons. The molecule has 1 amide bonds. The predicted molar refractivity (Wildman–Crippen MR) is 66.6 cm³/mol. The van der Waals surface area contributed by atoms with Gasteiger partial charge in [-0.2, -0.15) is 0 Å². The number of carbonyl (C=O) groups excluding carboxylic acids is 1. The van der Waals surface area contributed by atoms with Crippen molar-refractivity contribution in [1.82, 2.24) is 0 Å². The van der Waals surface area contributed by atoms with Crippen LogP contribution in [0.15, 0.2) is 18.2 Å². The van der Waals surface area contributed by atoms with Crippen LogP contribution in [-0.4, -0.2) is 36.0 Å². The number of halogens is 1. The Bertz CT molecular complexity index is 503. The van der Waals surface area contributed by atoms with Gasteiger partial charge in [0, 0.05) is 13.0 Å². The van der Waals surface area contributed by atoms with Gasteiger partial charge in [-0.25, -0.2) is 4.79 Å². The molecule has 96 valence electrons. The number of hydrogen-bond acceptors (Lipinski definition) is 3. The van der Waals surface area contributed by atoms with E-state index < -0.39 is 5.97 Å². The topological polar surface area (TPSA) is 66.8 Å². The Balaban J connectivity index is 2.44. The lowest BCUT2D eigenvalue weighted by Gasteiger charge is -2.19. The van der Waals surface area contributed by atoms with Crippen molar-refractivity contribution in [2.24, 2.45) is 0 Å². The molecule has 1 saturated heterocycles. The minimum atomic E-state index is -1.05. The number of anilines is 1. The van der Waals surface area contributed by atoms with E-state index in [9.17, 15) is 9.59 Å². The number of aromatic carboxylic acids is 1. The van der Waals surface area contributed by atoms with Gasteiger partial charge >= 0.3 is 5.97 Å². The summed E-state index contributed by atoms with van der Waals surface area (Å²) in [5.41, 5.74) is 0.558. The Labute approximate surface area is 109 Å². The summed E-state index contributed by atoms with van der Waals surface area (Å²) >= 11 is 5.93. The summed E-state index contributed by atoms with van der Waals surface area (Å²) in [5.74, 6) is -0.720. The molecule has 1 aliphatic rings. The van der Waals surface area contributed by atoms with E-state index in [0.29, 0.717) is 18.0 Å². The molecule has 0 saturated carbocycles. The lowest BCUT2D eigenvalue weighted by molar-refractivity contribution is -0.117. The molecular formula is C12H12ClNO4. The SMILES string of the molecule is COc1ccc(C(=O)O)cc1N1CC(Cl)CC1=O. The fourth-order valence-corrected chi connectivity index (χ4v) is 2.20. The first kappa shape index (κ1) is 12.7. The molecule has 18 heavy (non-hydrogen) atoms. The third-order valence-electron chi connectivity index (χ3n) is 2.79. The number of methoxy groups -OCH3 is 1. The van der Waals surface area contributed by atoms with Crippen LogP contribution in [0.4, 0.5) is 5.69 Å². The molecule has 0 aliphatic carbocycles. The first-order valence-corrected chi connectivity index (χ1v) is 5.82. The van der Waals surface area contributed by atoms with Crippen molar-refractivity contribution < 1.29 is 19.4 Å². The summed E-state index contributed by atoms with van der Waals surface area (Å²) in [6.07, 6.45) is 0.252. The van der Waals surface area contributed by atoms with Gasteiger partial charge in [-0.05, 0) is 18.2 Å². The summed E-state index contributed by atoms with van der Waals surface area (Å²) in [7, 11) is 1.47. The monoisotopic (exact) mass is 269 g/mol. The van der Waals surface area contributed by atoms with E-state index in [4.69, 9.17) is 21.4 Å². The zero-order valence-corrected chi connectivity index (χ0v) is 10.5. The molecule has 1 fully saturated rings. The molecular weight excluding hydrogens is 258 g/mol. The molecule has 0 aromatic heterocycles. The third-order valence-corrected chi connectivity index (χ3v) is 3.09. The zero-order chi connectivity index (χ0) is 13.3. The Morgan fingerprint density at radius 3 is 2.78 bits per heavy atom. The summed E-state index contributed by atoms with van der Waals surface area (Å²) in [6.45, 7) is 0.361. The molecule has 5 nitrogen and oxygen atoms in total. The number of alkyl halides is 1. The average Bonchev–Trinajstić information content (AvgIpc) is 2.67. The molecule has 1 N–H and O–H groups in total. The minimum Gasteiger partial charge on any atom is -0.495 e. The number of amides is 1. The van der Waals surface area contributed by atoms with Crippen molar-refractivity contribution in [3.05, 3.63) is 23.8 Å². The molecule has 0 spiro atoms. The largest absolute Gasteiger partial charge is 0.495 e. The highest BCUT2D eigenvalue weighted by atomic mass is 35.5. The van der Waals surface area contributed by atoms with Crippen LogP contribution in [0, 0.1) is 0 Å². The number of carboxylic acids is 1. The van der Waals surface area contributed by atoms with Gasteiger partial charge in [0.05, 0.1) is 23.7 Å². The molecule has 1 unspecified atom stereocenters. The summed E-state index contributed by atoms with van der Waals surface area (Å²) in [6, 6.07) is 4.39. The van der Waals surface area contributed by atoms with Gasteiger partial charge in [0.25, 0.3) is 0 Å². The normalized spacial score (nSPS) is 19.1. The molecule has 1 aromatic rings. The molecule has 1 aliphatic heterocycles. The van der Waals surface area contributed by atoms with E-state index in [1.807, 2.05) is 0 Å². The van der Waals surface area contributed by atoms with Gasteiger partial charge in [-0.3, -0.25) is 4.79 Å². The number of carbonyl (C=O) groups is 2. The van der Waals surface area contributed by atoms with E-state index in [1.54, 1.807) is 0 Å². The van der Waals surface area contributed by atoms with E-state index in [2.05, 4.69) is 0 Å². The van der Waals surface area contributed by atoms with Crippen LogP contribution in [0.5, 0.6) is 5.75 Å². The van der Waals surface area contributed by atoms with Gasteiger partial charge in [0.15, 0.2) is 0 Å². The van der Waals surface area contributed by atoms with Crippen LogP contribution in [0.3, 0.4) is 0 Å². The zero-order valence-electron chi connectivity index (χ0n) is 9.72. The van der Waals surface area contributed by atoms with Crippen LogP contribution >= 0.6 is 11.6 Å². The minimum absolute atomic E-state index is 0.108. The van der Waals surface area contributed by atoms with Crippen molar-refractivity contribution in [3.63, 3.8) is 0 Å². The lowest BCUT2D eigenvalue weighted by Crippen LogP contribution is -2.25. The van der Waals surface area contributed by atoms with Crippen molar-refractivity contribution in [1.29, 1.82) is 0 Å². The van der Waals surface area contributed by atoms with Crippen LogP contribution in [0.25, 0.3) is 0 Å². The van der Waals surface area contributed by atoms with E-state index in [0.717, 1.165) is 0 Å². The highest BCUT2D eigenvalue weighted by Gasteiger charge is 2.31. The standard InChI is InChI=1S/C12H12ClNO4/c1-18-10-3-2-7(12(16)17)4-9(10)14-6-8(13)5-11(14)15/h2-4,8H,5-6H2,1H3,(H,16,17). The highest BCUT2D eigenvalue weighted by Crippen LogP contribution is 2.33. The maximum atomic E-state index is 11.8. The maximum Gasteiger partial charge on any atom is 0.335 e. The Morgan fingerprint density at radius 1 is 1.56 bits per heavy atom. The number of benzene rings is 1. The van der Waals surface area contributed by atoms with Gasteiger partial charge in [-0.15, -0.1) is 11.6 Å². The van der Waals surface area contributed by atoms with Gasteiger partial charge in [0.2, 0.25) is 5.91 Å². The van der Waals surface area contributed by atoms with Gasteiger partial charge < -0.3 is 14.7 Å². The quantitative estimate of drug-likeness (QED) is 0.849. The molecule has 0 bridgehead atoms. The van der Waals surface area contributed by atoms with Crippen LogP contribution in [0.1, 0.15) is 16.8 Å². The lowest BCUT2D eigenvalue weighted by atomic mass is 10.1. The summed E-state index contributed by atoms with van der Waals surface area (Å²) in [4.78, 5) is 24.2. The predicted octanol–water partition coefficient (Wildman–Crippen LogP) is 1.74. The highest BCUT2D eigenvalue weighted by molar-refractivity contribution is 6.24. The first-order valence-electron chi connectivity index (χ1n) is 5.38. The fourth-order valence-electron chi connectivity index (χ4n) is 1.93. The van der Waals surface area contributed by atoms with E-state index in [1.165, 1.54) is 30.2 Å². The van der Waals surface area contributed by atoms with Crippen molar-refractivity contribution >= 4 is 29.2 Å².